The second-order valence-corrected chi connectivity index (χ2v) is 9.27. The number of nitrogens with zero attached hydrogens (tertiary/aromatic N) is 2. The molecule has 2 N–H and O–H groups in total. The maximum absolute atomic E-state index is 13.8. The predicted molar refractivity (Wildman–Crippen MR) is 142 cm³/mol. The Bertz CT molecular complexity index is 1460. The molecule has 1 aromatic heterocycles. The maximum atomic E-state index is 13.8. The highest BCUT2D eigenvalue weighted by atomic mass is 16.7. The number of benzene rings is 3. The number of ether oxygens (including phenoxy) is 2. The molecule has 9 nitrogen and oxygen atoms in total. The van der Waals surface area contributed by atoms with Gasteiger partial charge in [-0.3, -0.25) is 4.79 Å². The molecule has 196 valence electrons. The first-order valence-corrected chi connectivity index (χ1v) is 12.5. The van der Waals surface area contributed by atoms with Crippen LogP contribution in [0.4, 0.5) is 11.7 Å². The molecule has 0 spiro atoms. The van der Waals surface area contributed by atoms with Gasteiger partial charge in [0.05, 0.1) is 5.56 Å². The molecule has 3 aromatic carbocycles. The summed E-state index contributed by atoms with van der Waals surface area (Å²) in [6, 6.07) is 19.6. The summed E-state index contributed by atoms with van der Waals surface area (Å²) in [6.07, 6.45) is 1.87. The fourth-order valence-corrected chi connectivity index (χ4v) is 4.68. The van der Waals surface area contributed by atoms with Crippen molar-refractivity contribution in [1.82, 2.24) is 9.88 Å². The first kappa shape index (κ1) is 25.4. The predicted octanol–water partition coefficient (Wildman–Crippen LogP) is 5.16. The molecule has 9 heteroatoms. The largest absolute Gasteiger partial charge is 0.478 e. The van der Waals surface area contributed by atoms with Gasteiger partial charge in [-0.15, -0.1) is 0 Å². The first-order chi connectivity index (χ1) is 18.4. The van der Waals surface area contributed by atoms with Crippen molar-refractivity contribution in [3.63, 3.8) is 0 Å². The minimum absolute atomic E-state index is 0.0365. The van der Waals surface area contributed by atoms with Gasteiger partial charge in [-0.2, -0.15) is 4.98 Å². The van der Waals surface area contributed by atoms with Crippen molar-refractivity contribution < 1.29 is 28.6 Å². The average Bonchev–Trinajstić information content (AvgIpc) is 3.59. The monoisotopic (exact) mass is 515 g/mol. The van der Waals surface area contributed by atoms with Gasteiger partial charge in [0.15, 0.2) is 5.58 Å². The molecule has 0 saturated carbocycles. The van der Waals surface area contributed by atoms with E-state index in [0.717, 1.165) is 29.7 Å². The van der Waals surface area contributed by atoms with Crippen LogP contribution >= 0.6 is 0 Å². The lowest BCUT2D eigenvalue weighted by Gasteiger charge is -2.38. The van der Waals surface area contributed by atoms with E-state index in [4.69, 9.17) is 13.9 Å². The Kier molecular flexibility index (Phi) is 7.13. The molecule has 0 bridgehead atoms. The molecule has 0 radical (unpaired) electrons. The number of rotatable bonds is 10. The highest BCUT2D eigenvalue weighted by molar-refractivity contribution is 5.89. The Labute approximate surface area is 220 Å². The molecule has 1 fully saturated rings. The van der Waals surface area contributed by atoms with Crippen molar-refractivity contribution in [2.75, 3.05) is 25.5 Å². The van der Waals surface area contributed by atoms with Gasteiger partial charge in [0.1, 0.15) is 11.3 Å². The third kappa shape index (κ3) is 5.11. The number of aromatic nitrogens is 1. The number of hydrogen-bond acceptors (Lipinski definition) is 8. The van der Waals surface area contributed by atoms with Crippen LogP contribution in [0.25, 0.3) is 11.1 Å². The molecule has 0 aliphatic carbocycles. The summed E-state index contributed by atoms with van der Waals surface area (Å²) in [5, 5.41) is 12.4. The zero-order valence-electron chi connectivity index (χ0n) is 21.3. The van der Waals surface area contributed by atoms with Gasteiger partial charge >= 0.3 is 11.9 Å². The van der Waals surface area contributed by atoms with Gasteiger partial charge in [-0.1, -0.05) is 24.3 Å². The van der Waals surface area contributed by atoms with Crippen LogP contribution in [0, 0.1) is 6.92 Å². The molecule has 1 aliphatic rings. The summed E-state index contributed by atoms with van der Waals surface area (Å²) >= 11 is 0. The summed E-state index contributed by atoms with van der Waals surface area (Å²) in [5.41, 5.74) is 4.05. The van der Waals surface area contributed by atoms with Gasteiger partial charge in [-0.25, -0.2) is 9.69 Å². The van der Waals surface area contributed by atoms with E-state index in [-0.39, 0.29) is 17.8 Å². The van der Waals surface area contributed by atoms with Crippen LogP contribution in [-0.2, 0) is 16.0 Å². The number of Topliss-reactive ketones (excluding diaryl/α,β-unsaturated/α-hetero) is 1. The third-order valence-electron chi connectivity index (χ3n) is 6.71. The number of ketones is 1. The van der Waals surface area contributed by atoms with Crippen LogP contribution in [0.3, 0.4) is 0 Å². The molecule has 5 rings (SSSR count). The van der Waals surface area contributed by atoms with Gasteiger partial charge in [0.2, 0.25) is 5.78 Å². The highest BCUT2D eigenvalue weighted by Crippen LogP contribution is 2.30. The zero-order chi connectivity index (χ0) is 26.7. The van der Waals surface area contributed by atoms with Crippen molar-refractivity contribution in [2.45, 2.75) is 32.1 Å². The standard InChI is InChI=1S/C29H29N3O6/c1-19-7-3-4-8-23(19)30-28-31-24-14-9-20(17-25(24)37-28)18-26(33)29(36-2,32-15-5-6-16-32)38-22-12-10-21(11-13-22)27(34)35/h3-4,7-14,17H,5-6,15-16,18H2,1-2H3,(H,30,31)(H,34,35). The molecule has 2 heterocycles. The van der Waals surface area contributed by atoms with Gasteiger partial charge in [-0.05, 0) is 73.4 Å². The minimum atomic E-state index is -1.64. The zero-order valence-corrected chi connectivity index (χ0v) is 21.3. The molecule has 0 amide bonds. The number of carbonyl (C=O) groups is 2. The van der Waals surface area contributed by atoms with Crippen LogP contribution in [0.5, 0.6) is 5.75 Å². The van der Waals surface area contributed by atoms with Crippen molar-refractivity contribution in [3.8, 4) is 5.75 Å². The fourth-order valence-electron chi connectivity index (χ4n) is 4.68. The van der Waals surface area contributed by atoms with Crippen molar-refractivity contribution in [2.24, 2.45) is 0 Å². The number of aromatic carboxylic acids is 1. The number of carbonyl (C=O) groups excluding carboxylic acids is 1. The van der Waals surface area contributed by atoms with Crippen LogP contribution in [0.15, 0.2) is 71.1 Å². The number of carboxylic acids is 1. The normalized spacial score (nSPS) is 15.3. The van der Waals surface area contributed by atoms with Crippen molar-refractivity contribution in [3.05, 3.63) is 83.4 Å². The number of fused-ring (bicyclic) bond motifs is 1. The molecule has 38 heavy (non-hydrogen) atoms. The maximum Gasteiger partial charge on any atom is 0.335 e. The Morgan fingerprint density at radius 3 is 2.50 bits per heavy atom. The summed E-state index contributed by atoms with van der Waals surface area (Å²) in [5.74, 6) is -2.61. The third-order valence-corrected chi connectivity index (χ3v) is 6.71. The van der Waals surface area contributed by atoms with E-state index in [1.165, 1.54) is 31.4 Å². The topological polar surface area (TPSA) is 114 Å². The molecule has 1 aliphatic heterocycles. The quantitative estimate of drug-likeness (QED) is 0.276. The number of carboxylic acid groups (broad SMARTS) is 1. The summed E-state index contributed by atoms with van der Waals surface area (Å²) < 4.78 is 17.9. The highest BCUT2D eigenvalue weighted by Gasteiger charge is 2.48. The number of hydrogen-bond donors (Lipinski definition) is 2. The van der Waals surface area contributed by atoms with Crippen LogP contribution in [0.1, 0.15) is 34.3 Å². The van der Waals surface area contributed by atoms with Crippen LogP contribution in [-0.4, -0.2) is 52.9 Å². The molecule has 1 saturated heterocycles. The first-order valence-electron chi connectivity index (χ1n) is 12.5. The summed E-state index contributed by atoms with van der Waals surface area (Å²) in [4.78, 5) is 31.4. The smallest absolute Gasteiger partial charge is 0.335 e. The second-order valence-electron chi connectivity index (χ2n) is 9.27. The molecule has 1 unspecified atom stereocenters. The van der Waals surface area contributed by atoms with E-state index >= 15 is 0 Å². The number of oxazole rings is 1. The fraction of sp³-hybridized carbons (Fsp3) is 0.276. The Morgan fingerprint density at radius 1 is 1.08 bits per heavy atom. The minimum Gasteiger partial charge on any atom is -0.478 e. The van der Waals surface area contributed by atoms with Gasteiger partial charge in [0, 0.05) is 32.3 Å². The molecule has 4 aromatic rings. The number of methoxy groups -OCH3 is 1. The number of aryl methyl sites for hydroxylation is 1. The second kappa shape index (κ2) is 10.6. The number of likely N-dealkylation sites (tertiary alicyclic amines) is 1. The van der Waals surface area contributed by atoms with E-state index in [9.17, 15) is 14.7 Å². The van der Waals surface area contributed by atoms with E-state index in [1.807, 2.05) is 48.2 Å². The van der Waals surface area contributed by atoms with E-state index < -0.39 is 11.9 Å². The Morgan fingerprint density at radius 2 is 1.82 bits per heavy atom. The summed E-state index contributed by atoms with van der Waals surface area (Å²) in [7, 11) is 1.45. The van der Waals surface area contributed by atoms with Gasteiger partial charge in [0.25, 0.3) is 6.01 Å². The van der Waals surface area contributed by atoms with E-state index in [1.54, 1.807) is 6.07 Å². The lowest BCUT2D eigenvalue weighted by Crippen LogP contribution is -2.60. The molecule has 1 atom stereocenters. The Hall–Kier alpha value is -4.21. The SMILES string of the molecule is COC(Oc1ccc(C(=O)O)cc1)(C(=O)Cc1ccc2nc(Nc3ccccc3C)oc2c1)N1CCCC1. The lowest BCUT2D eigenvalue weighted by atomic mass is 10.1. The van der Waals surface area contributed by atoms with Gasteiger partial charge < -0.3 is 24.3 Å². The number of anilines is 2. The average molecular weight is 516 g/mol. The lowest BCUT2D eigenvalue weighted by molar-refractivity contribution is -0.242. The number of para-hydroxylation sites is 1. The van der Waals surface area contributed by atoms with Crippen LogP contribution in [0.2, 0.25) is 0 Å². The molecular weight excluding hydrogens is 486 g/mol. The van der Waals surface area contributed by atoms with Crippen molar-refractivity contribution in [1.29, 1.82) is 0 Å². The van der Waals surface area contributed by atoms with Crippen molar-refractivity contribution >= 4 is 34.6 Å². The van der Waals surface area contributed by atoms with E-state index in [2.05, 4.69) is 10.3 Å². The van der Waals surface area contributed by atoms with Crippen LogP contribution < -0.4 is 10.1 Å². The summed E-state index contributed by atoms with van der Waals surface area (Å²) in [6.45, 7) is 3.28. The number of nitrogens with one attached hydrogen (secondary N) is 1. The molecular formula is C29H29N3O6. The van der Waals surface area contributed by atoms with E-state index in [0.29, 0.717) is 36.0 Å². The Balaban J connectivity index is 1.39.